The molecule has 0 aliphatic carbocycles. The molecule has 0 aromatic carbocycles. The summed E-state index contributed by atoms with van der Waals surface area (Å²) in [5.74, 6) is 0.0824. The zero-order valence-electron chi connectivity index (χ0n) is 10.2. The third-order valence-corrected chi connectivity index (χ3v) is 3.40. The third kappa shape index (κ3) is 3.37. The molecule has 0 unspecified atom stereocenters. The Labute approximate surface area is 110 Å². The van der Waals surface area contributed by atoms with Crippen molar-refractivity contribution in [3.05, 3.63) is 34.9 Å². The van der Waals surface area contributed by atoms with Crippen LogP contribution < -0.4 is 5.32 Å². The van der Waals surface area contributed by atoms with E-state index < -0.39 is 0 Å². The molecule has 2 rings (SSSR count). The molecule has 5 heteroatoms. The topological polar surface area (TPSA) is 54.9 Å². The van der Waals surface area contributed by atoms with Crippen LogP contribution in [0.1, 0.15) is 18.4 Å². The SMILES string of the molecule is CCC(=O)NCCc1nc(-c2cccnc2)cs1. The summed E-state index contributed by atoms with van der Waals surface area (Å²) in [6, 6.07) is 3.89. The molecule has 0 saturated carbocycles. The van der Waals surface area contributed by atoms with E-state index in [1.165, 1.54) is 0 Å². The number of rotatable bonds is 5. The second kappa shape index (κ2) is 6.26. The van der Waals surface area contributed by atoms with Gasteiger partial charge in [-0.3, -0.25) is 9.78 Å². The molecule has 0 radical (unpaired) electrons. The van der Waals surface area contributed by atoms with E-state index in [0.717, 1.165) is 22.7 Å². The molecule has 0 fully saturated rings. The van der Waals surface area contributed by atoms with E-state index in [4.69, 9.17) is 0 Å². The van der Waals surface area contributed by atoms with Crippen LogP contribution >= 0.6 is 11.3 Å². The maximum Gasteiger partial charge on any atom is 0.219 e. The number of nitrogens with zero attached hydrogens (tertiary/aromatic N) is 2. The second-order valence-corrected chi connectivity index (χ2v) is 4.76. The molecule has 1 amide bonds. The molecular weight excluding hydrogens is 246 g/mol. The van der Waals surface area contributed by atoms with Crippen LogP contribution in [0.15, 0.2) is 29.9 Å². The molecule has 0 aliphatic heterocycles. The monoisotopic (exact) mass is 261 g/mol. The largest absolute Gasteiger partial charge is 0.356 e. The summed E-state index contributed by atoms with van der Waals surface area (Å²) in [5, 5.41) is 5.90. The Morgan fingerprint density at radius 3 is 3.11 bits per heavy atom. The first kappa shape index (κ1) is 12.7. The molecule has 0 aliphatic rings. The third-order valence-electron chi connectivity index (χ3n) is 2.49. The molecule has 2 heterocycles. The summed E-state index contributed by atoms with van der Waals surface area (Å²) in [4.78, 5) is 19.7. The van der Waals surface area contributed by atoms with Gasteiger partial charge >= 0.3 is 0 Å². The fourth-order valence-corrected chi connectivity index (χ4v) is 2.31. The number of amides is 1. The first-order valence-electron chi connectivity index (χ1n) is 5.91. The predicted octanol–water partition coefficient (Wildman–Crippen LogP) is 2.27. The van der Waals surface area contributed by atoms with E-state index in [-0.39, 0.29) is 5.91 Å². The van der Waals surface area contributed by atoms with Gasteiger partial charge in [0.25, 0.3) is 0 Å². The Kier molecular flexibility index (Phi) is 4.41. The number of hydrogen-bond acceptors (Lipinski definition) is 4. The molecule has 0 atom stereocenters. The summed E-state index contributed by atoms with van der Waals surface area (Å²) in [6.07, 6.45) is 4.85. The highest BCUT2D eigenvalue weighted by atomic mass is 32.1. The molecule has 0 bridgehead atoms. The van der Waals surface area contributed by atoms with E-state index in [9.17, 15) is 4.79 Å². The number of aromatic nitrogens is 2. The molecule has 2 aromatic rings. The minimum Gasteiger partial charge on any atom is -0.356 e. The quantitative estimate of drug-likeness (QED) is 0.898. The van der Waals surface area contributed by atoms with Crippen molar-refractivity contribution >= 4 is 17.2 Å². The van der Waals surface area contributed by atoms with Crippen molar-refractivity contribution in [1.29, 1.82) is 0 Å². The van der Waals surface area contributed by atoms with Crippen LogP contribution in [0.4, 0.5) is 0 Å². The van der Waals surface area contributed by atoms with Crippen LogP contribution in [0.3, 0.4) is 0 Å². The van der Waals surface area contributed by atoms with Gasteiger partial charge in [0, 0.05) is 42.7 Å². The fourth-order valence-electron chi connectivity index (χ4n) is 1.51. The van der Waals surface area contributed by atoms with E-state index >= 15 is 0 Å². The Morgan fingerprint density at radius 2 is 2.39 bits per heavy atom. The number of carbonyl (C=O) groups excluding carboxylic acids is 1. The van der Waals surface area contributed by atoms with E-state index in [1.807, 2.05) is 24.4 Å². The van der Waals surface area contributed by atoms with Crippen molar-refractivity contribution in [2.75, 3.05) is 6.54 Å². The molecule has 0 saturated heterocycles. The van der Waals surface area contributed by atoms with Crippen molar-refractivity contribution in [3.63, 3.8) is 0 Å². The summed E-state index contributed by atoms with van der Waals surface area (Å²) in [7, 11) is 0. The maximum atomic E-state index is 11.1. The zero-order chi connectivity index (χ0) is 12.8. The molecule has 0 spiro atoms. The van der Waals surface area contributed by atoms with Crippen LogP contribution in [0.5, 0.6) is 0 Å². The number of nitrogens with one attached hydrogen (secondary N) is 1. The van der Waals surface area contributed by atoms with Crippen molar-refractivity contribution < 1.29 is 4.79 Å². The summed E-state index contributed by atoms with van der Waals surface area (Å²) < 4.78 is 0. The number of hydrogen-bond donors (Lipinski definition) is 1. The van der Waals surface area contributed by atoms with Gasteiger partial charge in [0.1, 0.15) is 0 Å². The lowest BCUT2D eigenvalue weighted by Crippen LogP contribution is -2.24. The molecule has 94 valence electrons. The Bertz CT molecular complexity index is 510. The zero-order valence-corrected chi connectivity index (χ0v) is 11.0. The molecule has 18 heavy (non-hydrogen) atoms. The maximum absolute atomic E-state index is 11.1. The first-order valence-corrected chi connectivity index (χ1v) is 6.79. The van der Waals surface area contributed by atoms with Crippen LogP contribution in [-0.4, -0.2) is 22.4 Å². The van der Waals surface area contributed by atoms with Crippen molar-refractivity contribution in [1.82, 2.24) is 15.3 Å². The number of pyridine rings is 1. The van der Waals surface area contributed by atoms with Crippen LogP contribution in [0.25, 0.3) is 11.3 Å². The van der Waals surface area contributed by atoms with Crippen molar-refractivity contribution in [2.24, 2.45) is 0 Å². The van der Waals surface area contributed by atoms with Crippen molar-refractivity contribution in [3.8, 4) is 11.3 Å². The van der Waals surface area contributed by atoms with Crippen molar-refractivity contribution in [2.45, 2.75) is 19.8 Å². The van der Waals surface area contributed by atoms with Gasteiger partial charge in [-0.1, -0.05) is 6.92 Å². The lowest BCUT2D eigenvalue weighted by Gasteiger charge is -2.00. The summed E-state index contributed by atoms with van der Waals surface area (Å²) in [5.41, 5.74) is 1.97. The van der Waals surface area contributed by atoms with E-state index in [2.05, 4.69) is 15.3 Å². The normalized spacial score (nSPS) is 10.3. The highest BCUT2D eigenvalue weighted by Gasteiger charge is 2.04. The van der Waals surface area contributed by atoms with E-state index in [1.54, 1.807) is 23.7 Å². The Hall–Kier alpha value is -1.75. The van der Waals surface area contributed by atoms with Gasteiger partial charge in [-0.25, -0.2) is 4.98 Å². The second-order valence-electron chi connectivity index (χ2n) is 3.82. The first-order chi connectivity index (χ1) is 8.79. The fraction of sp³-hybridized carbons (Fsp3) is 0.308. The van der Waals surface area contributed by atoms with Gasteiger partial charge < -0.3 is 5.32 Å². The van der Waals surface area contributed by atoms with Gasteiger partial charge in [0.05, 0.1) is 10.7 Å². The van der Waals surface area contributed by atoms with Gasteiger partial charge in [-0.2, -0.15) is 0 Å². The van der Waals surface area contributed by atoms with Crippen LogP contribution in [-0.2, 0) is 11.2 Å². The minimum atomic E-state index is 0.0824. The standard InChI is InChI=1S/C13H15N3OS/c1-2-12(17)15-7-5-13-16-11(9-18-13)10-4-3-6-14-8-10/h3-4,6,8-9H,2,5,7H2,1H3,(H,15,17). The molecule has 2 aromatic heterocycles. The highest BCUT2D eigenvalue weighted by Crippen LogP contribution is 2.20. The van der Waals surface area contributed by atoms with Gasteiger partial charge in [0.15, 0.2) is 0 Å². The van der Waals surface area contributed by atoms with E-state index in [0.29, 0.717) is 13.0 Å². The molecule has 4 nitrogen and oxygen atoms in total. The summed E-state index contributed by atoms with van der Waals surface area (Å²) >= 11 is 1.61. The molecular formula is C13H15N3OS. The Balaban J connectivity index is 1.93. The minimum absolute atomic E-state index is 0.0824. The van der Waals surface area contributed by atoms with Crippen LogP contribution in [0.2, 0.25) is 0 Å². The summed E-state index contributed by atoms with van der Waals surface area (Å²) in [6.45, 7) is 2.49. The average Bonchev–Trinajstić information content (AvgIpc) is 2.88. The van der Waals surface area contributed by atoms with Crippen LogP contribution in [0, 0.1) is 0 Å². The smallest absolute Gasteiger partial charge is 0.219 e. The lowest BCUT2D eigenvalue weighted by molar-refractivity contribution is -0.120. The predicted molar refractivity (Wildman–Crippen MR) is 72.3 cm³/mol. The average molecular weight is 261 g/mol. The van der Waals surface area contributed by atoms with Gasteiger partial charge in [-0.15, -0.1) is 11.3 Å². The molecule has 1 N–H and O–H groups in total. The number of thiazole rings is 1. The Morgan fingerprint density at radius 1 is 1.50 bits per heavy atom. The van der Waals surface area contributed by atoms with Gasteiger partial charge in [0.2, 0.25) is 5.91 Å². The number of carbonyl (C=O) groups is 1. The highest BCUT2D eigenvalue weighted by molar-refractivity contribution is 7.09. The van der Waals surface area contributed by atoms with Gasteiger partial charge in [-0.05, 0) is 12.1 Å². The lowest BCUT2D eigenvalue weighted by atomic mass is 10.2.